The number of nitrogens with zero attached hydrogens (tertiary/aromatic N) is 1. The van der Waals surface area contributed by atoms with E-state index in [4.69, 9.17) is 0 Å². The molecule has 4 nitrogen and oxygen atoms in total. The summed E-state index contributed by atoms with van der Waals surface area (Å²) in [7, 11) is -3.46. The Bertz CT molecular complexity index is 581. The van der Waals surface area contributed by atoms with Gasteiger partial charge in [-0.25, -0.2) is 8.42 Å². The second-order valence-corrected chi connectivity index (χ2v) is 11.2. The van der Waals surface area contributed by atoms with E-state index in [-0.39, 0.29) is 6.04 Å². The zero-order valence-corrected chi connectivity index (χ0v) is 16.9. The normalized spacial score (nSPS) is 17.8. The molecule has 2 heterocycles. The molecule has 0 bridgehead atoms. The molecule has 0 radical (unpaired) electrons. The maximum Gasteiger partial charge on any atom is 0.245 e. The second kappa shape index (κ2) is 7.40. The maximum atomic E-state index is 12.9. The summed E-state index contributed by atoms with van der Waals surface area (Å²) < 4.78 is 29.0. The number of hydrogen-bond acceptors (Lipinski definition) is 4. The van der Waals surface area contributed by atoms with E-state index in [0.29, 0.717) is 21.1 Å². The minimum absolute atomic E-state index is 0.0459. The van der Waals surface area contributed by atoms with Gasteiger partial charge in [-0.05, 0) is 83.6 Å². The van der Waals surface area contributed by atoms with Crippen molar-refractivity contribution in [2.45, 2.75) is 37.6 Å². The predicted molar refractivity (Wildman–Crippen MR) is 94.3 cm³/mol. The Morgan fingerprint density at radius 1 is 1.38 bits per heavy atom. The summed E-state index contributed by atoms with van der Waals surface area (Å²) in [6.07, 6.45) is 2.07. The Kier molecular flexibility index (Phi) is 6.30. The van der Waals surface area contributed by atoms with E-state index in [1.165, 1.54) is 11.3 Å². The number of rotatable bonds is 5. The predicted octanol–water partition coefficient (Wildman–Crippen LogP) is 3.67. The van der Waals surface area contributed by atoms with Gasteiger partial charge in [-0.15, -0.1) is 11.3 Å². The van der Waals surface area contributed by atoms with E-state index < -0.39 is 10.0 Å². The van der Waals surface area contributed by atoms with Gasteiger partial charge in [0.2, 0.25) is 10.0 Å². The van der Waals surface area contributed by atoms with Gasteiger partial charge in [0.25, 0.3) is 0 Å². The molecule has 1 fully saturated rings. The fourth-order valence-corrected chi connectivity index (χ4v) is 8.01. The van der Waals surface area contributed by atoms with Crippen LogP contribution in [0, 0.1) is 5.92 Å². The Morgan fingerprint density at radius 2 is 2.00 bits per heavy atom. The van der Waals surface area contributed by atoms with Gasteiger partial charge in [0, 0.05) is 12.6 Å². The van der Waals surface area contributed by atoms with Crippen LogP contribution < -0.4 is 5.32 Å². The number of nitrogens with one attached hydrogen (secondary N) is 1. The summed E-state index contributed by atoms with van der Waals surface area (Å²) in [5.41, 5.74) is 0. The molecule has 8 heteroatoms. The van der Waals surface area contributed by atoms with Gasteiger partial charge in [-0.2, -0.15) is 4.31 Å². The smallest absolute Gasteiger partial charge is 0.245 e. The number of hydrogen-bond donors (Lipinski definition) is 1. The van der Waals surface area contributed by atoms with Gasteiger partial charge in [0.1, 0.15) is 4.90 Å². The Morgan fingerprint density at radius 3 is 2.48 bits per heavy atom. The summed E-state index contributed by atoms with van der Waals surface area (Å²) in [5.74, 6) is 0.435. The lowest BCUT2D eigenvalue weighted by molar-refractivity contribution is 0.261. The van der Waals surface area contributed by atoms with Crippen molar-refractivity contribution >= 4 is 53.2 Å². The lowest BCUT2D eigenvalue weighted by Gasteiger charge is -2.31. The lowest BCUT2D eigenvalue weighted by Crippen LogP contribution is -2.42. The highest BCUT2D eigenvalue weighted by atomic mass is 79.9. The third-order valence-corrected chi connectivity index (χ3v) is 8.48. The zero-order chi connectivity index (χ0) is 15.6. The van der Waals surface area contributed by atoms with Crippen molar-refractivity contribution < 1.29 is 8.42 Å². The molecule has 0 spiro atoms. The number of halogens is 2. The molecule has 1 N–H and O–H groups in total. The Balaban J connectivity index is 2.25. The standard InChI is InChI=1S/C13H20Br2N2O2S2/c1-9(2)17(8-10-3-5-16-6-4-10)21(18,19)11-7-12(14)20-13(11)15/h7,9-10,16H,3-6,8H2,1-2H3. The quantitative estimate of drug-likeness (QED) is 0.730. The summed E-state index contributed by atoms with van der Waals surface area (Å²) in [6, 6.07) is 1.64. The van der Waals surface area contributed by atoms with E-state index in [1.807, 2.05) is 13.8 Å². The van der Waals surface area contributed by atoms with Crippen molar-refractivity contribution in [3.05, 3.63) is 13.6 Å². The van der Waals surface area contributed by atoms with E-state index in [9.17, 15) is 8.42 Å². The van der Waals surface area contributed by atoms with Crippen molar-refractivity contribution in [3.8, 4) is 0 Å². The van der Waals surface area contributed by atoms with Crippen LogP contribution in [0.5, 0.6) is 0 Å². The van der Waals surface area contributed by atoms with E-state index in [0.717, 1.165) is 29.7 Å². The third kappa shape index (κ3) is 4.29. The Hall–Kier alpha value is 0.530. The van der Waals surface area contributed by atoms with Crippen molar-refractivity contribution in [1.82, 2.24) is 9.62 Å². The summed E-state index contributed by atoms with van der Waals surface area (Å²) in [5, 5.41) is 3.32. The van der Waals surface area contributed by atoms with Crippen LogP contribution in [0.4, 0.5) is 0 Å². The molecule has 1 aliphatic heterocycles. The zero-order valence-electron chi connectivity index (χ0n) is 12.1. The SMILES string of the molecule is CC(C)N(CC1CCNCC1)S(=O)(=O)c1cc(Br)sc1Br. The highest BCUT2D eigenvalue weighted by molar-refractivity contribution is 9.12. The number of sulfonamides is 1. The molecule has 1 saturated heterocycles. The molecule has 2 rings (SSSR count). The molecular formula is C13H20Br2N2O2S2. The van der Waals surface area contributed by atoms with Crippen LogP contribution in [-0.2, 0) is 10.0 Å². The number of thiophene rings is 1. The summed E-state index contributed by atoms with van der Waals surface area (Å²) in [4.78, 5) is 0.363. The number of piperidine rings is 1. The third-order valence-electron chi connectivity index (χ3n) is 3.68. The fraction of sp³-hybridized carbons (Fsp3) is 0.692. The second-order valence-electron chi connectivity index (χ2n) is 5.55. The van der Waals surface area contributed by atoms with Gasteiger partial charge in [-0.3, -0.25) is 0 Å². The molecule has 0 amide bonds. The largest absolute Gasteiger partial charge is 0.317 e. The summed E-state index contributed by atoms with van der Waals surface area (Å²) in [6.45, 7) is 6.43. The van der Waals surface area contributed by atoms with Gasteiger partial charge in [-0.1, -0.05) is 0 Å². The summed E-state index contributed by atoms with van der Waals surface area (Å²) >= 11 is 8.11. The first-order chi connectivity index (χ1) is 9.82. The molecule has 1 aliphatic rings. The molecule has 1 aromatic heterocycles. The van der Waals surface area contributed by atoms with Gasteiger partial charge >= 0.3 is 0 Å². The van der Waals surface area contributed by atoms with Crippen LogP contribution in [0.2, 0.25) is 0 Å². The molecule has 0 unspecified atom stereocenters. The van der Waals surface area contributed by atoms with E-state index in [2.05, 4.69) is 37.2 Å². The Labute approximate surface area is 147 Å². The van der Waals surface area contributed by atoms with E-state index >= 15 is 0 Å². The minimum Gasteiger partial charge on any atom is -0.317 e. The van der Waals surface area contributed by atoms with Gasteiger partial charge < -0.3 is 5.32 Å². The average molecular weight is 460 g/mol. The fourth-order valence-electron chi connectivity index (χ4n) is 2.53. The molecule has 1 aromatic rings. The van der Waals surface area contributed by atoms with Gasteiger partial charge in [0.05, 0.1) is 7.57 Å². The van der Waals surface area contributed by atoms with Gasteiger partial charge in [0.15, 0.2) is 0 Å². The molecule has 0 aromatic carbocycles. The first-order valence-electron chi connectivity index (χ1n) is 6.99. The molecule has 0 saturated carbocycles. The topological polar surface area (TPSA) is 49.4 Å². The van der Waals surface area contributed by atoms with Crippen LogP contribution >= 0.6 is 43.2 Å². The first kappa shape index (κ1) is 17.9. The maximum absolute atomic E-state index is 12.9. The van der Waals surface area contributed by atoms with Crippen LogP contribution in [0.15, 0.2) is 18.5 Å². The molecule has 21 heavy (non-hydrogen) atoms. The molecule has 0 atom stereocenters. The molecular weight excluding hydrogens is 440 g/mol. The average Bonchev–Trinajstić information content (AvgIpc) is 2.76. The van der Waals surface area contributed by atoms with Crippen molar-refractivity contribution in [3.63, 3.8) is 0 Å². The minimum atomic E-state index is -3.46. The van der Waals surface area contributed by atoms with Crippen molar-refractivity contribution in [2.24, 2.45) is 5.92 Å². The first-order valence-corrected chi connectivity index (χ1v) is 10.8. The van der Waals surface area contributed by atoms with Crippen molar-refractivity contribution in [1.29, 1.82) is 0 Å². The highest BCUT2D eigenvalue weighted by Crippen LogP contribution is 2.37. The monoisotopic (exact) mass is 458 g/mol. The van der Waals surface area contributed by atoms with Crippen LogP contribution in [0.1, 0.15) is 26.7 Å². The molecule has 120 valence electrons. The van der Waals surface area contributed by atoms with Crippen LogP contribution in [-0.4, -0.2) is 38.4 Å². The van der Waals surface area contributed by atoms with Crippen LogP contribution in [0.3, 0.4) is 0 Å². The highest BCUT2D eigenvalue weighted by Gasteiger charge is 2.32. The van der Waals surface area contributed by atoms with Crippen LogP contribution in [0.25, 0.3) is 0 Å². The molecule has 0 aliphatic carbocycles. The van der Waals surface area contributed by atoms with Crippen molar-refractivity contribution in [2.75, 3.05) is 19.6 Å². The van der Waals surface area contributed by atoms with E-state index in [1.54, 1.807) is 10.4 Å². The lowest BCUT2D eigenvalue weighted by atomic mass is 9.98.